The number of hydrogen-bond acceptors (Lipinski definition) is 5. The number of hydrogen-bond donors (Lipinski definition) is 2. The van der Waals surface area contributed by atoms with Crippen molar-refractivity contribution >= 4 is 11.9 Å². The predicted octanol–water partition coefficient (Wildman–Crippen LogP) is 6.27. The highest BCUT2D eigenvalue weighted by Gasteiger charge is 2.44. The van der Waals surface area contributed by atoms with Gasteiger partial charge in [0.2, 0.25) is 0 Å². The van der Waals surface area contributed by atoms with Crippen LogP contribution in [0.4, 0.5) is 0 Å². The van der Waals surface area contributed by atoms with E-state index in [0.717, 1.165) is 55.5 Å². The number of nitrogens with zero attached hydrogens (tertiary/aromatic N) is 1. The van der Waals surface area contributed by atoms with Gasteiger partial charge in [-0.05, 0) is 85.4 Å². The van der Waals surface area contributed by atoms with Gasteiger partial charge in [0.05, 0.1) is 12.5 Å². The Hall–Kier alpha value is -3.84. The van der Waals surface area contributed by atoms with Crippen molar-refractivity contribution in [1.29, 1.82) is 0 Å². The summed E-state index contributed by atoms with van der Waals surface area (Å²) < 4.78 is 12.9. The average molecular weight is 570 g/mol. The largest absolute Gasteiger partial charge is 0.493 e. The number of fused-ring (bicyclic) bond motifs is 1. The Morgan fingerprint density at radius 3 is 2.48 bits per heavy atom. The second kappa shape index (κ2) is 12.2. The minimum Gasteiger partial charge on any atom is -0.493 e. The molecule has 0 spiro atoms. The van der Waals surface area contributed by atoms with E-state index >= 15 is 0 Å². The summed E-state index contributed by atoms with van der Waals surface area (Å²) >= 11 is 0. The Morgan fingerprint density at radius 2 is 1.71 bits per heavy atom. The van der Waals surface area contributed by atoms with Crippen molar-refractivity contribution < 1.29 is 29.3 Å². The van der Waals surface area contributed by atoms with Crippen molar-refractivity contribution in [3.63, 3.8) is 0 Å². The van der Waals surface area contributed by atoms with E-state index in [1.54, 1.807) is 0 Å². The van der Waals surface area contributed by atoms with Crippen LogP contribution < -0.4 is 9.47 Å². The van der Waals surface area contributed by atoms with Crippen molar-refractivity contribution in [2.45, 2.75) is 71.1 Å². The molecule has 3 atom stereocenters. The number of aliphatic carboxylic acids is 2. The molecule has 2 N–H and O–H groups in total. The molecule has 2 fully saturated rings. The summed E-state index contributed by atoms with van der Waals surface area (Å²) in [6.07, 6.45) is 6.00. The molecular weight excluding hydrogens is 530 g/mol. The van der Waals surface area contributed by atoms with Crippen LogP contribution in [-0.4, -0.2) is 46.2 Å². The van der Waals surface area contributed by atoms with Crippen molar-refractivity contribution in [1.82, 2.24) is 4.90 Å². The lowest BCUT2D eigenvalue weighted by molar-refractivity contribution is -0.145. The molecule has 42 heavy (non-hydrogen) atoms. The monoisotopic (exact) mass is 569 g/mol. The van der Waals surface area contributed by atoms with Gasteiger partial charge in [0.25, 0.3) is 0 Å². The third kappa shape index (κ3) is 5.88. The first kappa shape index (κ1) is 28.3. The summed E-state index contributed by atoms with van der Waals surface area (Å²) in [6.45, 7) is 4.15. The lowest BCUT2D eigenvalue weighted by atomic mass is 9.96. The molecule has 3 aromatic rings. The summed E-state index contributed by atoms with van der Waals surface area (Å²) in [4.78, 5) is 25.6. The number of carboxylic acids is 2. The molecule has 1 saturated carbocycles. The van der Waals surface area contributed by atoms with Gasteiger partial charge in [0.15, 0.2) is 0 Å². The maximum absolute atomic E-state index is 12.1. The van der Waals surface area contributed by atoms with E-state index in [4.69, 9.17) is 9.47 Å². The second-order valence-electron chi connectivity index (χ2n) is 12.0. The maximum Gasteiger partial charge on any atom is 0.320 e. The molecule has 220 valence electrons. The molecular formula is C35H39NO6. The molecule has 7 nitrogen and oxygen atoms in total. The average Bonchev–Trinajstić information content (AvgIpc) is 3.62. The maximum atomic E-state index is 12.1. The highest BCUT2D eigenvalue weighted by atomic mass is 16.5. The Labute approximate surface area is 247 Å². The van der Waals surface area contributed by atoms with Crippen LogP contribution in [-0.2, 0) is 35.6 Å². The van der Waals surface area contributed by atoms with Crippen LogP contribution in [0, 0.1) is 18.8 Å². The summed E-state index contributed by atoms with van der Waals surface area (Å²) in [5.74, 6) is -0.386. The van der Waals surface area contributed by atoms with Crippen LogP contribution >= 0.6 is 0 Å². The fourth-order valence-electron chi connectivity index (χ4n) is 6.74. The Balaban J connectivity index is 1.29. The Morgan fingerprint density at radius 1 is 0.905 bits per heavy atom. The highest BCUT2D eigenvalue weighted by molar-refractivity contribution is 5.74. The molecule has 1 saturated heterocycles. The quantitative estimate of drug-likeness (QED) is 0.281. The van der Waals surface area contributed by atoms with Gasteiger partial charge in [-0.15, -0.1) is 0 Å². The topological polar surface area (TPSA) is 96.3 Å². The number of benzene rings is 3. The van der Waals surface area contributed by atoms with Crippen LogP contribution in [0.3, 0.4) is 0 Å². The molecule has 7 heteroatoms. The number of rotatable bonds is 11. The molecule has 3 aliphatic rings. The number of carboxylic acid groups (broad SMARTS) is 2. The van der Waals surface area contributed by atoms with Gasteiger partial charge in [0.1, 0.15) is 24.1 Å². The lowest BCUT2D eigenvalue weighted by Crippen LogP contribution is -2.44. The van der Waals surface area contributed by atoms with Crippen LogP contribution in [0.5, 0.6) is 11.5 Å². The third-order valence-corrected chi connectivity index (χ3v) is 9.31. The fraction of sp³-hybridized carbons (Fsp3) is 0.429. The molecule has 0 radical (unpaired) electrons. The highest BCUT2D eigenvalue weighted by Crippen LogP contribution is 2.43. The van der Waals surface area contributed by atoms with E-state index in [9.17, 15) is 19.8 Å². The van der Waals surface area contributed by atoms with Crippen molar-refractivity contribution in [2.24, 2.45) is 11.8 Å². The van der Waals surface area contributed by atoms with E-state index in [0.29, 0.717) is 38.3 Å². The summed E-state index contributed by atoms with van der Waals surface area (Å²) in [5.41, 5.74) is 8.10. The van der Waals surface area contributed by atoms with Crippen molar-refractivity contribution in [3.8, 4) is 22.6 Å². The SMILES string of the molecule is Cc1c(COc2cc(OC[C@H]3C[C@H]3C(=O)O)c(CN3CCCCC3C(=O)O)c3c2CCC3)cccc1-c1ccccc1. The normalized spacial score (nSPS) is 21.5. The van der Waals surface area contributed by atoms with Crippen LogP contribution in [0.2, 0.25) is 0 Å². The van der Waals surface area contributed by atoms with Gasteiger partial charge in [-0.2, -0.15) is 0 Å². The number of ether oxygens (including phenoxy) is 2. The molecule has 1 aliphatic heterocycles. The Kier molecular flexibility index (Phi) is 8.20. The van der Waals surface area contributed by atoms with Crippen molar-refractivity contribution in [2.75, 3.05) is 13.2 Å². The molecule has 3 aromatic carbocycles. The zero-order valence-corrected chi connectivity index (χ0v) is 24.2. The van der Waals surface area contributed by atoms with Gasteiger partial charge in [-0.1, -0.05) is 55.0 Å². The number of piperidine rings is 1. The first-order valence-corrected chi connectivity index (χ1v) is 15.2. The minimum atomic E-state index is -0.774. The van der Waals surface area contributed by atoms with E-state index < -0.39 is 18.0 Å². The number of carbonyl (C=O) groups is 2. The van der Waals surface area contributed by atoms with Crippen LogP contribution in [0.25, 0.3) is 11.1 Å². The zero-order valence-electron chi connectivity index (χ0n) is 24.2. The van der Waals surface area contributed by atoms with Crippen molar-refractivity contribution in [3.05, 3.63) is 82.4 Å². The van der Waals surface area contributed by atoms with E-state index in [1.165, 1.54) is 27.8 Å². The molecule has 2 aliphatic carbocycles. The van der Waals surface area contributed by atoms with Gasteiger partial charge < -0.3 is 19.7 Å². The zero-order chi connectivity index (χ0) is 29.2. The standard InChI is InChI=1S/C35H39NO6/c1-22-24(11-7-12-26(22)23-9-3-2-4-10-23)20-41-32-18-33(42-21-25-17-29(25)34(37)38)30(27-13-8-14-28(27)32)19-36-16-6-5-15-31(36)35(39)40/h2-4,7,9-12,18,25,29,31H,5-6,8,13-17,19-21H2,1H3,(H,37,38)(H,39,40)/t25-,29-,31?/m1/s1. The van der Waals surface area contributed by atoms with Gasteiger partial charge in [-0.25, -0.2) is 0 Å². The minimum absolute atomic E-state index is 0.00176. The Bertz CT molecular complexity index is 1470. The summed E-state index contributed by atoms with van der Waals surface area (Å²) in [7, 11) is 0. The van der Waals surface area contributed by atoms with Gasteiger partial charge in [-0.3, -0.25) is 14.5 Å². The molecule has 0 aromatic heterocycles. The molecule has 6 rings (SSSR count). The lowest BCUT2D eigenvalue weighted by Gasteiger charge is -2.34. The van der Waals surface area contributed by atoms with E-state index in [-0.39, 0.29) is 11.8 Å². The second-order valence-corrected chi connectivity index (χ2v) is 12.0. The predicted molar refractivity (Wildman–Crippen MR) is 160 cm³/mol. The first-order chi connectivity index (χ1) is 20.4. The molecule has 1 unspecified atom stereocenters. The molecule has 1 heterocycles. The van der Waals surface area contributed by atoms with Gasteiger partial charge in [0, 0.05) is 24.1 Å². The van der Waals surface area contributed by atoms with Crippen LogP contribution in [0.15, 0.2) is 54.6 Å². The van der Waals surface area contributed by atoms with E-state index in [1.807, 2.05) is 24.3 Å². The number of likely N-dealkylation sites (tertiary alicyclic amines) is 1. The molecule has 0 bridgehead atoms. The fourth-order valence-corrected chi connectivity index (χ4v) is 6.74. The summed E-state index contributed by atoms with van der Waals surface area (Å²) in [5, 5.41) is 19.3. The van der Waals surface area contributed by atoms with Gasteiger partial charge >= 0.3 is 11.9 Å². The van der Waals surface area contributed by atoms with Crippen LogP contribution in [0.1, 0.15) is 59.9 Å². The third-order valence-electron chi connectivity index (χ3n) is 9.31. The summed E-state index contributed by atoms with van der Waals surface area (Å²) in [6, 6.07) is 18.2. The van der Waals surface area contributed by atoms with E-state index in [2.05, 4.69) is 42.2 Å². The first-order valence-electron chi connectivity index (χ1n) is 15.2. The molecule has 0 amide bonds. The smallest absolute Gasteiger partial charge is 0.320 e.